The summed E-state index contributed by atoms with van der Waals surface area (Å²) >= 11 is 0. The Morgan fingerprint density at radius 2 is 1.88 bits per heavy atom. The Bertz CT molecular complexity index is 470. The van der Waals surface area contributed by atoms with Crippen molar-refractivity contribution < 1.29 is 13.0 Å². The summed E-state index contributed by atoms with van der Waals surface area (Å²) in [5.41, 5.74) is 1.84. The number of nitrogens with zero attached hydrogens (tertiary/aromatic N) is 1. The van der Waals surface area contributed by atoms with Gasteiger partial charge in [-0.2, -0.15) is 8.42 Å². The molecule has 0 bridgehead atoms. The first-order valence-electron chi connectivity index (χ1n) is 5.70. The molecular weight excluding hydrogens is 238 g/mol. The quantitative estimate of drug-likeness (QED) is 0.823. The normalized spacial score (nSPS) is 13.4. The summed E-state index contributed by atoms with van der Waals surface area (Å²) in [6, 6.07) is 7.56. The van der Waals surface area contributed by atoms with E-state index in [-0.39, 0.29) is 0 Å². The number of hydrogen-bond acceptors (Lipinski definition) is 3. The van der Waals surface area contributed by atoms with Gasteiger partial charge in [0, 0.05) is 12.2 Å². The first-order chi connectivity index (χ1) is 7.91. The van der Waals surface area contributed by atoms with Crippen LogP contribution in [0, 0.1) is 6.92 Å². The maximum atomic E-state index is 11.4. The molecule has 1 rings (SSSR count). The van der Waals surface area contributed by atoms with Gasteiger partial charge in [0.15, 0.2) is 5.37 Å². The molecule has 0 heterocycles. The highest BCUT2D eigenvalue weighted by molar-refractivity contribution is 7.86. The van der Waals surface area contributed by atoms with Crippen LogP contribution in [0.5, 0.6) is 0 Å². The van der Waals surface area contributed by atoms with Gasteiger partial charge in [0.1, 0.15) is 0 Å². The van der Waals surface area contributed by atoms with Gasteiger partial charge < -0.3 is 4.90 Å². The number of benzene rings is 1. The Morgan fingerprint density at radius 1 is 1.29 bits per heavy atom. The summed E-state index contributed by atoms with van der Waals surface area (Å²) in [5.74, 6) is 0. The maximum absolute atomic E-state index is 11.4. The highest BCUT2D eigenvalue weighted by Crippen LogP contribution is 2.24. The lowest BCUT2D eigenvalue weighted by Gasteiger charge is -2.31. The van der Waals surface area contributed by atoms with E-state index in [1.54, 1.807) is 11.8 Å². The van der Waals surface area contributed by atoms with E-state index in [9.17, 15) is 13.0 Å². The zero-order valence-corrected chi connectivity index (χ0v) is 11.2. The Hall–Kier alpha value is -1.07. The van der Waals surface area contributed by atoms with Crippen molar-refractivity contribution in [1.29, 1.82) is 0 Å². The van der Waals surface area contributed by atoms with E-state index in [1.807, 2.05) is 38.1 Å². The molecule has 0 aliphatic carbocycles. The molecule has 0 amide bonds. The van der Waals surface area contributed by atoms with E-state index in [4.69, 9.17) is 0 Å². The van der Waals surface area contributed by atoms with E-state index in [2.05, 4.69) is 0 Å². The number of rotatable bonds is 5. The topological polar surface area (TPSA) is 57.6 Å². The van der Waals surface area contributed by atoms with Crippen LogP contribution in [0.3, 0.4) is 0 Å². The zero-order chi connectivity index (χ0) is 13.1. The summed E-state index contributed by atoms with van der Waals surface area (Å²) in [7, 11) is -4.07. The SMILES string of the molecule is CCC(N(CC)c1ccccc1C)S(=O)(=O)O. The van der Waals surface area contributed by atoms with Gasteiger partial charge in [-0.15, -0.1) is 0 Å². The van der Waals surface area contributed by atoms with Crippen molar-refractivity contribution in [3.05, 3.63) is 29.8 Å². The van der Waals surface area contributed by atoms with Crippen LogP contribution in [0.4, 0.5) is 5.69 Å². The summed E-state index contributed by atoms with van der Waals surface area (Å²) in [4.78, 5) is 1.71. The minimum absolute atomic E-state index is 0.348. The monoisotopic (exact) mass is 257 g/mol. The van der Waals surface area contributed by atoms with Crippen LogP contribution < -0.4 is 4.90 Å². The Morgan fingerprint density at radius 3 is 2.29 bits per heavy atom. The third-order valence-corrected chi connectivity index (χ3v) is 4.08. The number of hydrogen-bond donors (Lipinski definition) is 1. The van der Waals surface area contributed by atoms with Crippen LogP contribution in [0.15, 0.2) is 24.3 Å². The van der Waals surface area contributed by atoms with Crippen LogP contribution >= 0.6 is 0 Å². The van der Waals surface area contributed by atoms with E-state index >= 15 is 0 Å². The molecule has 17 heavy (non-hydrogen) atoms. The molecule has 1 unspecified atom stereocenters. The third-order valence-electron chi connectivity index (χ3n) is 2.81. The van der Waals surface area contributed by atoms with Crippen LogP contribution in [0.1, 0.15) is 25.8 Å². The summed E-state index contributed by atoms with van der Waals surface area (Å²) in [6.45, 7) is 6.08. The second-order valence-electron chi connectivity index (χ2n) is 3.95. The van der Waals surface area contributed by atoms with Crippen molar-refractivity contribution in [2.75, 3.05) is 11.4 Å². The van der Waals surface area contributed by atoms with Gasteiger partial charge in [-0.05, 0) is 31.9 Å². The molecule has 0 saturated carbocycles. The maximum Gasteiger partial charge on any atom is 0.286 e. The van der Waals surface area contributed by atoms with Gasteiger partial charge in [-0.3, -0.25) is 4.55 Å². The number of aryl methyl sites for hydroxylation is 1. The van der Waals surface area contributed by atoms with Crippen molar-refractivity contribution in [3.63, 3.8) is 0 Å². The molecule has 0 saturated heterocycles. The average Bonchev–Trinajstić information content (AvgIpc) is 2.25. The molecule has 1 N–H and O–H groups in total. The van der Waals surface area contributed by atoms with E-state index in [0.29, 0.717) is 13.0 Å². The van der Waals surface area contributed by atoms with Gasteiger partial charge >= 0.3 is 0 Å². The van der Waals surface area contributed by atoms with Crippen LogP contribution in [0.25, 0.3) is 0 Å². The smallest absolute Gasteiger partial charge is 0.286 e. The van der Waals surface area contributed by atoms with Crippen molar-refractivity contribution in [2.24, 2.45) is 0 Å². The van der Waals surface area contributed by atoms with Gasteiger partial charge in [0.2, 0.25) is 0 Å². The molecule has 1 atom stereocenters. The lowest BCUT2D eigenvalue weighted by atomic mass is 10.2. The first kappa shape index (κ1) is 14.0. The highest BCUT2D eigenvalue weighted by Gasteiger charge is 2.28. The van der Waals surface area contributed by atoms with E-state index in [1.165, 1.54) is 0 Å². The molecule has 0 spiro atoms. The van der Waals surface area contributed by atoms with Crippen molar-refractivity contribution in [2.45, 2.75) is 32.6 Å². The van der Waals surface area contributed by atoms with Gasteiger partial charge in [0.25, 0.3) is 10.1 Å². The molecule has 96 valence electrons. The largest absolute Gasteiger partial charge is 0.353 e. The molecule has 4 nitrogen and oxygen atoms in total. The molecule has 0 radical (unpaired) electrons. The molecular formula is C12H19NO3S. The summed E-state index contributed by atoms with van der Waals surface area (Å²) in [5, 5.41) is -0.881. The van der Waals surface area contributed by atoms with E-state index < -0.39 is 15.5 Å². The Balaban J connectivity index is 3.20. The summed E-state index contributed by atoms with van der Waals surface area (Å²) < 4.78 is 32.0. The van der Waals surface area contributed by atoms with Crippen molar-refractivity contribution >= 4 is 15.8 Å². The molecule has 0 aromatic heterocycles. The fourth-order valence-corrected chi connectivity index (χ4v) is 3.01. The number of para-hydroxylation sites is 1. The lowest BCUT2D eigenvalue weighted by Crippen LogP contribution is -2.40. The fourth-order valence-electron chi connectivity index (χ4n) is 2.01. The summed E-state index contributed by atoms with van der Waals surface area (Å²) in [6.07, 6.45) is 0.348. The molecule has 1 aromatic rings. The van der Waals surface area contributed by atoms with Crippen molar-refractivity contribution in [3.8, 4) is 0 Å². The van der Waals surface area contributed by atoms with Gasteiger partial charge in [-0.1, -0.05) is 25.1 Å². The molecule has 1 aromatic carbocycles. The minimum Gasteiger partial charge on any atom is -0.353 e. The fraction of sp³-hybridized carbons (Fsp3) is 0.500. The van der Waals surface area contributed by atoms with Crippen LogP contribution in [-0.4, -0.2) is 24.9 Å². The van der Waals surface area contributed by atoms with Gasteiger partial charge in [0.05, 0.1) is 0 Å². The third kappa shape index (κ3) is 3.20. The molecule has 0 aliphatic heterocycles. The van der Waals surface area contributed by atoms with Crippen molar-refractivity contribution in [1.82, 2.24) is 0 Å². The predicted octanol–water partition coefficient (Wildman–Crippen LogP) is 2.45. The van der Waals surface area contributed by atoms with Gasteiger partial charge in [-0.25, -0.2) is 0 Å². The molecule has 0 aliphatic rings. The second kappa shape index (κ2) is 5.51. The second-order valence-corrected chi connectivity index (χ2v) is 5.52. The first-order valence-corrected chi connectivity index (χ1v) is 7.20. The Kier molecular flexibility index (Phi) is 4.54. The molecule has 0 fully saturated rings. The predicted molar refractivity (Wildman–Crippen MR) is 69.8 cm³/mol. The number of anilines is 1. The minimum atomic E-state index is -4.07. The van der Waals surface area contributed by atoms with Crippen LogP contribution in [-0.2, 0) is 10.1 Å². The standard InChI is InChI=1S/C12H19NO3S/c1-4-12(17(14,15)16)13(5-2)11-9-7-6-8-10(11)3/h6-9,12H,4-5H2,1-3H3,(H,14,15,16). The zero-order valence-electron chi connectivity index (χ0n) is 10.4. The lowest BCUT2D eigenvalue weighted by molar-refractivity contribution is 0.460. The van der Waals surface area contributed by atoms with E-state index in [0.717, 1.165) is 11.3 Å². The average molecular weight is 257 g/mol. The molecule has 5 heteroatoms. The highest BCUT2D eigenvalue weighted by atomic mass is 32.2. The Labute approximate surface area is 103 Å². The van der Waals surface area contributed by atoms with Crippen LogP contribution in [0.2, 0.25) is 0 Å².